The van der Waals surface area contributed by atoms with Crippen molar-refractivity contribution in [2.45, 2.75) is 45.1 Å². The fraction of sp³-hybridized carbons (Fsp3) is 0.733. The lowest BCUT2D eigenvalue weighted by Crippen LogP contribution is -2.59. The molecule has 2 aliphatic rings. The van der Waals surface area contributed by atoms with Gasteiger partial charge in [-0.1, -0.05) is 5.16 Å². The molecule has 24 heavy (non-hydrogen) atoms. The Morgan fingerprint density at radius 3 is 2.58 bits per heavy atom. The average molecular weight is 347 g/mol. The highest BCUT2D eigenvalue weighted by molar-refractivity contribution is 5.94. The van der Waals surface area contributed by atoms with Crippen LogP contribution in [0.2, 0.25) is 0 Å². The second-order valence-corrected chi connectivity index (χ2v) is 6.43. The average Bonchev–Trinajstić information content (AvgIpc) is 2.93. The molecule has 0 bridgehead atoms. The van der Waals surface area contributed by atoms with Crippen LogP contribution in [0.25, 0.3) is 0 Å². The van der Waals surface area contributed by atoms with Crippen LogP contribution in [0.3, 0.4) is 0 Å². The van der Waals surface area contributed by atoms with Crippen molar-refractivity contribution in [3.8, 4) is 0 Å². The third-order valence-corrected chi connectivity index (χ3v) is 4.54. The Hall–Kier alpha value is -1.61. The van der Waals surface area contributed by atoms with E-state index in [0.29, 0.717) is 24.4 Å². The minimum Gasteiger partial charge on any atom is -0.376 e. The second kappa shape index (κ2) is 6.36. The molecule has 9 heteroatoms. The largest absolute Gasteiger partial charge is 0.401 e. The zero-order chi connectivity index (χ0) is 17.5. The summed E-state index contributed by atoms with van der Waals surface area (Å²) in [5.74, 6) is 0.345. The van der Waals surface area contributed by atoms with Crippen molar-refractivity contribution in [3.63, 3.8) is 0 Å². The Bertz CT molecular complexity index is 605. The molecule has 1 amide bonds. The predicted molar refractivity (Wildman–Crippen MR) is 77.5 cm³/mol. The number of fused-ring (bicyclic) bond motifs is 1. The zero-order valence-electron chi connectivity index (χ0n) is 13.6. The van der Waals surface area contributed by atoms with Crippen molar-refractivity contribution in [3.05, 3.63) is 17.0 Å². The van der Waals surface area contributed by atoms with Gasteiger partial charge in [0.2, 0.25) is 0 Å². The third kappa shape index (κ3) is 3.41. The SMILES string of the molecule is C[C@@H]1CN(C(=O)c2noc3c2COCC3)C[C@H](C)N1CC(F)(F)F. The number of hydrogen-bond acceptors (Lipinski definition) is 5. The van der Waals surface area contributed by atoms with Crippen molar-refractivity contribution < 1.29 is 27.2 Å². The molecule has 0 aliphatic carbocycles. The molecule has 0 N–H and O–H groups in total. The first-order valence-electron chi connectivity index (χ1n) is 7.93. The molecule has 0 unspecified atom stereocenters. The molecule has 2 atom stereocenters. The Balaban J connectivity index is 1.73. The number of rotatable bonds is 2. The molecule has 2 aliphatic heterocycles. The maximum atomic E-state index is 12.7. The number of ether oxygens (including phenoxy) is 1. The fourth-order valence-corrected chi connectivity index (χ4v) is 3.39. The lowest BCUT2D eigenvalue weighted by molar-refractivity contribution is -0.160. The van der Waals surface area contributed by atoms with Crippen LogP contribution < -0.4 is 0 Å². The number of carbonyl (C=O) groups is 1. The van der Waals surface area contributed by atoms with Crippen molar-refractivity contribution >= 4 is 5.91 Å². The van der Waals surface area contributed by atoms with E-state index in [1.54, 1.807) is 18.7 Å². The molecule has 6 nitrogen and oxygen atoms in total. The summed E-state index contributed by atoms with van der Waals surface area (Å²) in [5.41, 5.74) is 0.873. The van der Waals surface area contributed by atoms with Crippen molar-refractivity contribution in [2.75, 3.05) is 26.2 Å². The van der Waals surface area contributed by atoms with Gasteiger partial charge in [0.15, 0.2) is 5.69 Å². The quantitative estimate of drug-likeness (QED) is 0.817. The van der Waals surface area contributed by atoms with Gasteiger partial charge in [-0.2, -0.15) is 13.2 Å². The Morgan fingerprint density at radius 1 is 1.29 bits per heavy atom. The predicted octanol–water partition coefficient (Wildman–Crippen LogP) is 1.84. The van der Waals surface area contributed by atoms with Crippen molar-refractivity contribution in [2.24, 2.45) is 0 Å². The summed E-state index contributed by atoms with van der Waals surface area (Å²) in [6, 6.07) is -0.781. The molecule has 3 heterocycles. The van der Waals surface area contributed by atoms with E-state index in [9.17, 15) is 18.0 Å². The summed E-state index contributed by atoms with van der Waals surface area (Å²) < 4.78 is 48.6. The van der Waals surface area contributed by atoms with E-state index < -0.39 is 24.8 Å². The molecular weight excluding hydrogens is 327 g/mol. The summed E-state index contributed by atoms with van der Waals surface area (Å²) in [7, 11) is 0. The van der Waals surface area contributed by atoms with E-state index >= 15 is 0 Å². The number of halogens is 3. The monoisotopic (exact) mass is 347 g/mol. The molecular formula is C15H20F3N3O3. The highest BCUT2D eigenvalue weighted by Gasteiger charge is 2.40. The van der Waals surface area contributed by atoms with Gasteiger partial charge in [-0.05, 0) is 13.8 Å². The standard InChI is InChI=1S/C15H20F3N3O3/c1-9-5-20(6-10(2)21(9)8-15(16,17)18)14(22)13-11-7-23-4-3-12(11)24-19-13/h9-10H,3-8H2,1-2H3/t9-,10+. The summed E-state index contributed by atoms with van der Waals surface area (Å²) in [6.45, 7) is 3.68. The van der Waals surface area contributed by atoms with E-state index in [1.807, 2.05) is 0 Å². The Kier molecular flexibility index (Phi) is 4.56. The summed E-state index contributed by atoms with van der Waals surface area (Å²) in [5, 5.41) is 3.86. The van der Waals surface area contributed by atoms with E-state index in [2.05, 4.69) is 5.16 Å². The summed E-state index contributed by atoms with van der Waals surface area (Å²) >= 11 is 0. The smallest absolute Gasteiger partial charge is 0.376 e. The number of hydrogen-bond donors (Lipinski definition) is 0. The zero-order valence-corrected chi connectivity index (χ0v) is 13.6. The highest BCUT2D eigenvalue weighted by atomic mass is 19.4. The van der Waals surface area contributed by atoms with Crippen molar-refractivity contribution in [1.82, 2.24) is 15.0 Å². The molecule has 3 rings (SSSR count). The molecule has 1 aromatic rings. The van der Waals surface area contributed by atoms with Crippen molar-refractivity contribution in [1.29, 1.82) is 0 Å². The second-order valence-electron chi connectivity index (χ2n) is 6.43. The molecule has 0 radical (unpaired) electrons. The van der Waals surface area contributed by atoms with Gasteiger partial charge in [-0.3, -0.25) is 9.69 Å². The van der Waals surface area contributed by atoms with E-state index in [0.717, 1.165) is 0 Å². The van der Waals surface area contributed by atoms with Gasteiger partial charge in [0, 0.05) is 31.6 Å². The maximum Gasteiger partial charge on any atom is 0.401 e. The first kappa shape index (κ1) is 17.2. The number of aromatic nitrogens is 1. The van der Waals surface area contributed by atoms with Crippen LogP contribution in [0, 0.1) is 0 Å². The van der Waals surface area contributed by atoms with Crippen LogP contribution in [-0.2, 0) is 17.8 Å². The van der Waals surface area contributed by atoms with Crippen LogP contribution in [-0.4, -0.2) is 65.4 Å². The molecule has 1 aromatic heterocycles. The van der Waals surface area contributed by atoms with E-state index in [1.165, 1.54) is 4.90 Å². The minimum atomic E-state index is -4.25. The molecule has 0 aromatic carbocycles. The van der Waals surface area contributed by atoms with Gasteiger partial charge in [0.25, 0.3) is 5.91 Å². The number of nitrogens with zero attached hydrogens (tertiary/aromatic N) is 3. The molecule has 134 valence electrons. The van der Waals surface area contributed by atoms with Gasteiger partial charge in [0.05, 0.1) is 25.3 Å². The van der Waals surface area contributed by atoms with Gasteiger partial charge in [-0.15, -0.1) is 0 Å². The number of carbonyl (C=O) groups excluding carboxylic acids is 1. The van der Waals surface area contributed by atoms with Gasteiger partial charge >= 0.3 is 6.18 Å². The lowest BCUT2D eigenvalue weighted by atomic mass is 10.1. The summed E-state index contributed by atoms with van der Waals surface area (Å²) in [4.78, 5) is 15.7. The first-order chi connectivity index (χ1) is 11.3. The van der Waals surface area contributed by atoms with Crippen LogP contribution in [0.5, 0.6) is 0 Å². The van der Waals surface area contributed by atoms with Gasteiger partial charge in [0.1, 0.15) is 5.76 Å². The van der Waals surface area contributed by atoms with Crippen LogP contribution in [0.1, 0.15) is 35.7 Å². The highest BCUT2D eigenvalue weighted by Crippen LogP contribution is 2.26. The molecule has 0 saturated carbocycles. The fourth-order valence-electron chi connectivity index (χ4n) is 3.39. The van der Waals surface area contributed by atoms with E-state index in [4.69, 9.17) is 9.26 Å². The number of alkyl halides is 3. The molecule has 1 fully saturated rings. The maximum absolute atomic E-state index is 12.7. The molecule has 1 saturated heterocycles. The van der Waals surface area contributed by atoms with Crippen LogP contribution in [0.15, 0.2) is 4.52 Å². The van der Waals surface area contributed by atoms with Crippen LogP contribution in [0.4, 0.5) is 13.2 Å². The minimum absolute atomic E-state index is 0.216. The normalized spacial score (nSPS) is 25.6. The third-order valence-electron chi connectivity index (χ3n) is 4.54. The summed E-state index contributed by atoms with van der Waals surface area (Å²) in [6.07, 6.45) is -3.68. The van der Waals surface area contributed by atoms with Gasteiger partial charge in [-0.25, -0.2) is 0 Å². The Morgan fingerprint density at radius 2 is 1.96 bits per heavy atom. The van der Waals surface area contributed by atoms with E-state index in [-0.39, 0.29) is 31.3 Å². The van der Waals surface area contributed by atoms with Crippen LogP contribution >= 0.6 is 0 Å². The molecule has 0 spiro atoms. The van der Waals surface area contributed by atoms with Gasteiger partial charge < -0.3 is 14.2 Å². The number of piperazine rings is 1. The number of amides is 1. The topological polar surface area (TPSA) is 58.8 Å². The Labute approximate surface area is 137 Å². The first-order valence-corrected chi connectivity index (χ1v) is 7.93. The lowest BCUT2D eigenvalue weighted by Gasteiger charge is -2.44.